The molecule has 6 heteroatoms. The molecule has 5 nitrogen and oxygen atoms in total. The van der Waals surface area contributed by atoms with Crippen LogP contribution < -0.4 is 0 Å². The van der Waals surface area contributed by atoms with E-state index < -0.39 is 16.0 Å². The van der Waals surface area contributed by atoms with Gasteiger partial charge in [-0.3, -0.25) is 0 Å². The molecule has 0 saturated heterocycles. The van der Waals surface area contributed by atoms with Gasteiger partial charge in [-0.1, -0.05) is 48.0 Å². The van der Waals surface area contributed by atoms with Crippen molar-refractivity contribution in [2.24, 2.45) is 4.40 Å². The predicted octanol–water partition coefficient (Wildman–Crippen LogP) is 2.35. The molecule has 0 atom stereocenters. The fraction of sp³-hybridized carbons (Fsp3) is 0.125. The standard InChI is InChI=1S/C16H15NO4S/c1-12-8-10-14(11-9-12)22(19,20)17-15(16(18)21-2)13-6-4-3-5-7-13/h3-11H,1-2H3. The van der Waals surface area contributed by atoms with Crippen LogP contribution >= 0.6 is 0 Å². The second kappa shape index (κ2) is 6.53. The van der Waals surface area contributed by atoms with Crippen LogP contribution in [0.1, 0.15) is 11.1 Å². The molecular weight excluding hydrogens is 302 g/mol. The second-order valence-corrected chi connectivity index (χ2v) is 6.19. The molecule has 114 valence electrons. The molecule has 0 aliphatic carbocycles. The number of ether oxygens (including phenoxy) is 1. The number of carbonyl (C=O) groups is 1. The van der Waals surface area contributed by atoms with Crippen LogP contribution in [-0.4, -0.2) is 27.2 Å². The van der Waals surface area contributed by atoms with Gasteiger partial charge in [-0.15, -0.1) is 0 Å². The van der Waals surface area contributed by atoms with Gasteiger partial charge in [-0.05, 0) is 19.1 Å². The lowest BCUT2D eigenvalue weighted by molar-refractivity contribution is -0.132. The summed E-state index contributed by atoms with van der Waals surface area (Å²) in [6.07, 6.45) is 0. The van der Waals surface area contributed by atoms with Crippen LogP contribution in [0.5, 0.6) is 0 Å². The van der Waals surface area contributed by atoms with E-state index in [2.05, 4.69) is 9.13 Å². The van der Waals surface area contributed by atoms with E-state index in [1.807, 2.05) is 6.92 Å². The van der Waals surface area contributed by atoms with Crippen molar-refractivity contribution in [3.05, 3.63) is 65.7 Å². The summed E-state index contributed by atoms with van der Waals surface area (Å²) in [5, 5.41) is 0. The van der Waals surface area contributed by atoms with Crippen molar-refractivity contribution in [3.8, 4) is 0 Å². The zero-order valence-electron chi connectivity index (χ0n) is 12.2. The van der Waals surface area contributed by atoms with Gasteiger partial charge in [0.05, 0.1) is 12.0 Å². The smallest absolute Gasteiger partial charge is 0.358 e. The minimum Gasteiger partial charge on any atom is -0.464 e. The summed E-state index contributed by atoms with van der Waals surface area (Å²) >= 11 is 0. The Morgan fingerprint density at radius 2 is 1.59 bits per heavy atom. The topological polar surface area (TPSA) is 72.8 Å². The maximum absolute atomic E-state index is 12.4. The Balaban J connectivity index is 2.53. The Morgan fingerprint density at radius 1 is 1.00 bits per heavy atom. The van der Waals surface area contributed by atoms with Gasteiger partial charge < -0.3 is 4.74 Å². The van der Waals surface area contributed by atoms with Crippen LogP contribution in [0, 0.1) is 6.92 Å². The highest BCUT2D eigenvalue weighted by molar-refractivity contribution is 7.90. The molecular formula is C16H15NO4S. The van der Waals surface area contributed by atoms with Crippen LogP contribution in [-0.2, 0) is 19.6 Å². The van der Waals surface area contributed by atoms with E-state index in [4.69, 9.17) is 0 Å². The van der Waals surface area contributed by atoms with Crippen LogP contribution in [0.15, 0.2) is 63.9 Å². The summed E-state index contributed by atoms with van der Waals surface area (Å²) in [5.41, 5.74) is 1.06. The first kappa shape index (κ1) is 15.9. The molecule has 2 aromatic rings. The first-order valence-corrected chi connectivity index (χ1v) is 7.93. The molecule has 0 amide bonds. The van der Waals surface area contributed by atoms with Crippen molar-refractivity contribution >= 4 is 21.7 Å². The van der Waals surface area contributed by atoms with Crippen molar-refractivity contribution in [3.63, 3.8) is 0 Å². The molecule has 0 N–H and O–H groups in total. The summed E-state index contributed by atoms with van der Waals surface area (Å²) in [6, 6.07) is 14.6. The van der Waals surface area contributed by atoms with Crippen molar-refractivity contribution in [1.29, 1.82) is 0 Å². The Morgan fingerprint density at radius 3 is 2.14 bits per heavy atom. The van der Waals surface area contributed by atoms with E-state index in [-0.39, 0.29) is 10.6 Å². The lowest BCUT2D eigenvalue weighted by atomic mass is 10.1. The van der Waals surface area contributed by atoms with Gasteiger partial charge in [-0.25, -0.2) is 4.79 Å². The van der Waals surface area contributed by atoms with Gasteiger partial charge in [-0.2, -0.15) is 12.8 Å². The summed E-state index contributed by atoms with van der Waals surface area (Å²) < 4.78 is 33.0. The third-order valence-corrected chi connectivity index (χ3v) is 4.25. The van der Waals surface area contributed by atoms with Gasteiger partial charge in [0.2, 0.25) is 0 Å². The fourth-order valence-corrected chi connectivity index (χ4v) is 2.79. The minimum absolute atomic E-state index is 0.0236. The molecule has 0 unspecified atom stereocenters. The van der Waals surface area contributed by atoms with Crippen LogP contribution in [0.2, 0.25) is 0 Å². The highest BCUT2D eigenvalue weighted by Gasteiger charge is 2.20. The number of aryl methyl sites for hydroxylation is 1. The Kier molecular flexibility index (Phi) is 4.72. The molecule has 0 saturated carbocycles. The van der Waals surface area contributed by atoms with E-state index in [1.54, 1.807) is 42.5 Å². The number of hydrogen-bond donors (Lipinski definition) is 0. The fourth-order valence-electron chi connectivity index (χ4n) is 1.78. The molecule has 0 aliphatic heterocycles. The zero-order chi connectivity index (χ0) is 16.2. The van der Waals surface area contributed by atoms with Gasteiger partial charge in [0, 0.05) is 5.56 Å². The number of methoxy groups -OCH3 is 1. The third-order valence-electron chi connectivity index (χ3n) is 2.96. The molecule has 0 heterocycles. The van der Waals surface area contributed by atoms with Crippen molar-refractivity contribution in [2.75, 3.05) is 7.11 Å². The van der Waals surface area contributed by atoms with Crippen molar-refractivity contribution < 1.29 is 17.9 Å². The monoisotopic (exact) mass is 317 g/mol. The normalized spacial score (nSPS) is 12.0. The van der Waals surface area contributed by atoms with Gasteiger partial charge in [0.15, 0.2) is 5.71 Å². The summed E-state index contributed by atoms with van der Waals surface area (Å²) in [7, 11) is -2.81. The molecule has 2 rings (SSSR count). The summed E-state index contributed by atoms with van der Waals surface area (Å²) in [6.45, 7) is 1.85. The summed E-state index contributed by atoms with van der Waals surface area (Å²) in [4.78, 5) is 11.9. The second-order valence-electron chi connectivity index (χ2n) is 4.59. The van der Waals surface area contributed by atoms with Gasteiger partial charge >= 0.3 is 5.97 Å². The van der Waals surface area contributed by atoms with Gasteiger partial charge in [0.1, 0.15) is 0 Å². The maximum atomic E-state index is 12.4. The molecule has 22 heavy (non-hydrogen) atoms. The molecule has 2 aromatic carbocycles. The maximum Gasteiger partial charge on any atom is 0.358 e. The van der Waals surface area contributed by atoms with Gasteiger partial charge in [0.25, 0.3) is 10.0 Å². The van der Waals surface area contributed by atoms with E-state index in [0.717, 1.165) is 5.56 Å². The molecule has 0 fully saturated rings. The zero-order valence-corrected chi connectivity index (χ0v) is 13.0. The van der Waals surface area contributed by atoms with E-state index >= 15 is 0 Å². The molecule has 0 bridgehead atoms. The quantitative estimate of drug-likeness (QED) is 0.641. The third kappa shape index (κ3) is 3.59. The minimum atomic E-state index is -3.99. The molecule has 0 spiro atoms. The van der Waals surface area contributed by atoms with Crippen molar-refractivity contribution in [2.45, 2.75) is 11.8 Å². The molecule has 0 aliphatic rings. The highest BCUT2D eigenvalue weighted by Crippen LogP contribution is 2.15. The van der Waals surface area contributed by atoms with Crippen molar-refractivity contribution in [1.82, 2.24) is 0 Å². The number of sulfonamides is 1. The van der Waals surface area contributed by atoms with Crippen LogP contribution in [0.3, 0.4) is 0 Å². The number of hydrogen-bond acceptors (Lipinski definition) is 4. The molecule has 0 aromatic heterocycles. The Labute approximate surface area is 129 Å². The van der Waals surface area contributed by atoms with E-state index in [9.17, 15) is 13.2 Å². The SMILES string of the molecule is COC(=O)C(=NS(=O)(=O)c1ccc(C)cc1)c1ccccc1. The van der Waals surface area contributed by atoms with E-state index in [0.29, 0.717) is 5.56 Å². The molecule has 0 radical (unpaired) electrons. The number of esters is 1. The average molecular weight is 317 g/mol. The van der Waals surface area contributed by atoms with Crippen LogP contribution in [0.25, 0.3) is 0 Å². The number of rotatable bonds is 4. The number of carbonyl (C=O) groups excluding carboxylic acids is 1. The lowest BCUT2D eigenvalue weighted by Gasteiger charge is -2.05. The predicted molar refractivity (Wildman–Crippen MR) is 83.4 cm³/mol. The van der Waals surface area contributed by atoms with E-state index in [1.165, 1.54) is 19.2 Å². The number of benzene rings is 2. The Bertz CT molecular complexity index is 794. The van der Waals surface area contributed by atoms with Crippen LogP contribution in [0.4, 0.5) is 0 Å². The summed E-state index contributed by atoms with van der Waals surface area (Å²) in [5.74, 6) is -0.804. The number of nitrogens with zero attached hydrogens (tertiary/aromatic N) is 1. The Hall–Kier alpha value is -2.47. The highest BCUT2D eigenvalue weighted by atomic mass is 32.2. The average Bonchev–Trinajstić information content (AvgIpc) is 2.53. The largest absolute Gasteiger partial charge is 0.464 e. The lowest BCUT2D eigenvalue weighted by Crippen LogP contribution is -2.19. The first-order valence-electron chi connectivity index (χ1n) is 6.49. The first-order chi connectivity index (χ1) is 10.4.